The highest BCUT2D eigenvalue weighted by Gasteiger charge is 2.16. The number of anilines is 6. The normalized spacial score (nSPS) is 10.4. The van der Waals surface area contributed by atoms with Gasteiger partial charge in [0.1, 0.15) is 0 Å². The van der Waals surface area contributed by atoms with Crippen LogP contribution in [-0.4, -0.2) is 40.1 Å². The Balaban J connectivity index is 1.76. The first-order valence-electron chi connectivity index (χ1n) is 11.3. The zero-order valence-electron chi connectivity index (χ0n) is 20.4. The summed E-state index contributed by atoms with van der Waals surface area (Å²) in [5.74, 6) is -0.768. The van der Waals surface area contributed by atoms with Crippen LogP contribution in [0.3, 0.4) is 0 Å². The third kappa shape index (κ3) is 5.93. The number of esters is 1. The molecule has 0 spiro atoms. The number of aromatic nitrogens is 3. The van der Waals surface area contributed by atoms with Gasteiger partial charge in [0, 0.05) is 11.3 Å². The first kappa shape index (κ1) is 25.0. The first-order valence-corrected chi connectivity index (χ1v) is 11.3. The molecule has 0 aliphatic rings. The van der Waals surface area contributed by atoms with Gasteiger partial charge < -0.3 is 20.7 Å². The summed E-state index contributed by atoms with van der Waals surface area (Å²) in [6.07, 6.45) is 0.248. The second-order valence-electron chi connectivity index (χ2n) is 8.06. The number of hydrogen-bond acceptors (Lipinski definition) is 10. The number of Topliss-reactive ketones (excluding diaryl/α,β-unsaturated/α-hetero) is 1. The summed E-state index contributed by atoms with van der Waals surface area (Å²) in [5, 5.41) is 9.24. The van der Waals surface area contributed by atoms with Crippen molar-refractivity contribution < 1.29 is 19.1 Å². The van der Waals surface area contributed by atoms with Gasteiger partial charge in [0.25, 0.3) is 0 Å². The molecular weight excluding hydrogens is 472 g/mol. The summed E-state index contributed by atoms with van der Waals surface area (Å²) < 4.78 is 4.87. The van der Waals surface area contributed by atoms with E-state index in [2.05, 4.69) is 30.9 Å². The standard InChI is InChI=1S/C27H24N6O4/c1-16-12-13-20(17(2)14-16)28-25-31-26(29-21-10-6-4-8-18(21)23(35)15-34)33-27(32-25)30-22-11-7-5-9-19(22)24(36)37-3/h4-15H,1-3H3,(H3,28,29,30,31,32,33). The molecule has 0 atom stereocenters. The maximum Gasteiger partial charge on any atom is 0.339 e. The van der Waals surface area contributed by atoms with Crippen molar-refractivity contribution in [2.24, 2.45) is 0 Å². The minimum atomic E-state index is -0.684. The van der Waals surface area contributed by atoms with E-state index in [1.807, 2.05) is 32.0 Å². The quantitative estimate of drug-likeness (QED) is 0.127. The Bertz CT molecular complexity index is 1490. The molecule has 4 rings (SSSR count). The van der Waals surface area contributed by atoms with Gasteiger partial charge in [-0.25, -0.2) is 4.79 Å². The number of ketones is 1. The topological polar surface area (TPSA) is 135 Å². The van der Waals surface area contributed by atoms with Crippen LogP contribution in [0.15, 0.2) is 66.7 Å². The lowest BCUT2D eigenvalue weighted by Gasteiger charge is -2.14. The van der Waals surface area contributed by atoms with Crippen molar-refractivity contribution in [3.05, 3.63) is 89.0 Å². The zero-order chi connectivity index (χ0) is 26.4. The lowest BCUT2D eigenvalue weighted by molar-refractivity contribution is -0.104. The zero-order valence-corrected chi connectivity index (χ0v) is 20.4. The van der Waals surface area contributed by atoms with Crippen molar-refractivity contribution in [1.29, 1.82) is 0 Å². The van der Waals surface area contributed by atoms with Crippen molar-refractivity contribution in [3.8, 4) is 0 Å². The average molecular weight is 497 g/mol. The summed E-state index contributed by atoms with van der Waals surface area (Å²) in [5.41, 5.74) is 4.14. The molecule has 0 radical (unpaired) electrons. The Morgan fingerprint density at radius 2 is 1.24 bits per heavy atom. The summed E-state index contributed by atoms with van der Waals surface area (Å²) in [4.78, 5) is 48.8. The van der Waals surface area contributed by atoms with Crippen LogP contribution in [0.25, 0.3) is 0 Å². The first-order chi connectivity index (χ1) is 17.9. The number of ether oxygens (including phenoxy) is 1. The third-order valence-electron chi connectivity index (χ3n) is 5.39. The Morgan fingerprint density at radius 1 is 0.730 bits per heavy atom. The van der Waals surface area contributed by atoms with Gasteiger partial charge in [-0.15, -0.1) is 0 Å². The molecule has 4 aromatic rings. The molecule has 0 fully saturated rings. The second-order valence-corrected chi connectivity index (χ2v) is 8.06. The number of carbonyl (C=O) groups excluding carboxylic acids is 3. The molecule has 0 bridgehead atoms. The van der Waals surface area contributed by atoms with Gasteiger partial charge in [0.05, 0.1) is 24.0 Å². The largest absolute Gasteiger partial charge is 0.465 e. The van der Waals surface area contributed by atoms with Crippen LogP contribution in [0.5, 0.6) is 0 Å². The highest BCUT2D eigenvalue weighted by molar-refractivity contribution is 6.34. The highest BCUT2D eigenvalue weighted by atomic mass is 16.5. The molecule has 1 heterocycles. The summed E-state index contributed by atoms with van der Waals surface area (Å²) in [6, 6.07) is 19.2. The fourth-order valence-corrected chi connectivity index (χ4v) is 3.61. The second kappa shape index (κ2) is 11.1. The van der Waals surface area contributed by atoms with Crippen LogP contribution in [0.2, 0.25) is 0 Å². The molecule has 0 unspecified atom stereocenters. The monoisotopic (exact) mass is 496 g/mol. The molecule has 0 saturated heterocycles. The van der Waals surface area contributed by atoms with E-state index in [0.29, 0.717) is 16.9 Å². The molecular formula is C27H24N6O4. The van der Waals surface area contributed by atoms with Crippen molar-refractivity contribution in [1.82, 2.24) is 15.0 Å². The number of hydrogen-bond donors (Lipinski definition) is 3. The van der Waals surface area contributed by atoms with E-state index in [0.717, 1.165) is 16.8 Å². The van der Waals surface area contributed by atoms with E-state index in [9.17, 15) is 14.4 Å². The van der Waals surface area contributed by atoms with Crippen LogP contribution < -0.4 is 16.0 Å². The van der Waals surface area contributed by atoms with E-state index < -0.39 is 11.8 Å². The van der Waals surface area contributed by atoms with Gasteiger partial charge in [-0.3, -0.25) is 9.59 Å². The smallest absolute Gasteiger partial charge is 0.339 e. The van der Waals surface area contributed by atoms with E-state index >= 15 is 0 Å². The third-order valence-corrected chi connectivity index (χ3v) is 5.39. The number of aryl methyl sites for hydroxylation is 2. The van der Waals surface area contributed by atoms with Gasteiger partial charge in [0.2, 0.25) is 23.6 Å². The minimum Gasteiger partial charge on any atom is -0.465 e. The molecule has 10 heteroatoms. The Morgan fingerprint density at radius 3 is 1.78 bits per heavy atom. The number of nitrogens with zero attached hydrogens (tertiary/aromatic N) is 3. The number of methoxy groups -OCH3 is 1. The van der Waals surface area contributed by atoms with E-state index in [1.54, 1.807) is 42.5 Å². The van der Waals surface area contributed by atoms with E-state index in [-0.39, 0.29) is 29.7 Å². The Kier molecular flexibility index (Phi) is 7.48. The van der Waals surface area contributed by atoms with E-state index in [4.69, 9.17) is 4.74 Å². The SMILES string of the molecule is COC(=O)c1ccccc1Nc1nc(Nc2ccc(C)cc2C)nc(Nc2ccccc2C(=O)C=O)n1. The number of rotatable bonds is 9. The van der Waals surface area contributed by atoms with Crippen molar-refractivity contribution in [3.63, 3.8) is 0 Å². The predicted molar refractivity (Wildman–Crippen MR) is 140 cm³/mol. The lowest BCUT2D eigenvalue weighted by atomic mass is 10.1. The predicted octanol–water partition coefficient (Wildman–Crippen LogP) is 4.89. The van der Waals surface area contributed by atoms with Gasteiger partial charge in [0.15, 0.2) is 6.29 Å². The summed E-state index contributed by atoms with van der Waals surface area (Å²) in [7, 11) is 1.30. The molecule has 37 heavy (non-hydrogen) atoms. The molecule has 3 aromatic carbocycles. The van der Waals surface area contributed by atoms with Crippen molar-refractivity contribution >= 4 is 52.9 Å². The Labute approximate surface area is 213 Å². The molecule has 0 amide bonds. The maximum atomic E-state index is 12.2. The number of nitrogens with one attached hydrogen (secondary N) is 3. The van der Waals surface area contributed by atoms with Gasteiger partial charge in [-0.2, -0.15) is 15.0 Å². The van der Waals surface area contributed by atoms with Crippen molar-refractivity contribution in [2.45, 2.75) is 13.8 Å². The van der Waals surface area contributed by atoms with Gasteiger partial charge in [-0.1, -0.05) is 42.0 Å². The van der Waals surface area contributed by atoms with Crippen molar-refractivity contribution in [2.75, 3.05) is 23.1 Å². The summed E-state index contributed by atoms with van der Waals surface area (Å²) >= 11 is 0. The number of para-hydroxylation sites is 2. The van der Waals surface area contributed by atoms with Crippen LogP contribution in [-0.2, 0) is 9.53 Å². The Hall–Kier alpha value is -5.12. The average Bonchev–Trinajstić information content (AvgIpc) is 2.90. The molecule has 1 aromatic heterocycles. The van der Waals surface area contributed by atoms with Crippen LogP contribution in [0, 0.1) is 13.8 Å². The molecule has 0 aliphatic carbocycles. The molecule has 3 N–H and O–H groups in total. The number of aldehydes is 1. The lowest BCUT2D eigenvalue weighted by Crippen LogP contribution is -2.11. The highest BCUT2D eigenvalue weighted by Crippen LogP contribution is 2.26. The molecule has 10 nitrogen and oxygen atoms in total. The van der Waals surface area contributed by atoms with Gasteiger partial charge in [-0.05, 0) is 49.7 Å². The number of carbonyl (C=O) groups is 3. The van der Waals surface area contributed by atoms with Gasteiger partial charge >= 0.3 is 5.97 Å². The van der Waals surface area contributed by atoms with Crippen LogP contribution in [0.1, 0.15) is 31.8 Å². The van der Waals surface area contributed by atoms with Crippen LogP contribution >= 0.6 is 0 Å². The fourth-order valence-electron chi connectivity index (χ4n) is 3.61. The maximum absolute atomic E-state index is 12.2. The van der Waals surface area contributed by atoms with E-state index in [1.165, 1.54) is 13.2 Å². The molecule has 0 aliphatic heterocycles. The summed E-state index contributed by atoms with van der Waals surface area (Å²) in [6.45, 7) is 3.96. The molecule has 186 valence electrons. The number of benzene rings is 3. The molecule has 0 saturated carbocycles. The fraction of sp³-hybridized carbons (Fsp3) is 0.111. The van der Waals surface area contributed by atoms with Crippen LogP contribution in [0.4, 0.5) is 34.9 Å². The minimum absolute atomic E-state index is 0.103.